The molecule has 1 aliphatic carbocycles. The normalized spacial score (nSPS) is 21.8. The molecule has 0 aromatic heterocycles. The molecule has 1 fully saturated rings. The Kier molecular flexibility index (Phi) is 5.37. The first-order valence-electron chi connectivity index (χ1n) is 7.68. The van der Waals surface area contributed by atoms with Crippen molar-refractivity contribution in [1.82, 2.24) is 5.32 Å². The van der Waals surface area contributed by atoms with Crippen LogP contribution in [0.4, 0.5) is 0 Å². The fourth-order valence-corrected chi connectivity index (χ4v) is 2.87. The monoisotopic (exact) mass is 289 g/mol. The van der Waals surface area contributed by atoms with Gasteiger partial charge in [-0.1, -0.05) is 32.6 Å². The number of carbonyl (C=O) groups excluding carboxylic acids is 1. The quantitative estimate of drug-likeness (QED) is 0.873. The molecule has 0 heterocycles. The van der Waals surface area contributed by atoms with Crippen LogP contribution in [0, 0.1) is 11.8 Å². The summed E-state index contributed by atoms with van der Waals surface area (Å²) in [6.07, 6.45) is 6.17. The highest BCUT2D eigenvalue weighted by atomic mass is 16.4. The second kappa shape index (κ2) is 7.25. The van der Waals surface area contributed by atoms with Crippen molar-refractivity contribution in [3.63, 3.8) is 0 Å². The molecule has 2 N–H and O–H groups in total. The van der Waals surface area contributed by atoms with Crippen LogP contribution in [0.2, 0.25) is 0 Å². The Morgan fingerprint density at radius 3 is 2.24 bits per heavy atom. The number of benzene rings is 1. The maximum atomic E-state index is 12.0. The molecule has 4 nitrogen and oxygen atoms in total. The maximum Gasteiger partial charge on any atom is 0.335 e. The van der Waals surface area contributed by atoms with Gasteiger partial charge in [0.2, 0.25) is 0 Å². The van der Waals surface area contributed by atoms with Gasteiger partial charge in [0.15, 0.2) is 0 Å². The minimum absolute atomic E-state index is 0.129. The molecule has 0 unspecified atom stereocenters. The number of aromatic carboxylic acids is 1. The Labute approximate surface area is 125 Å². The van der Waals surface area contributed by atoms with Crippen molar-refractivity contribution in [2.75, 3.05) is 6.54 Å². The lowest BCUT2D eigenvalue weighted by Crippen LogP contribution is -2.26. The van der Waals surface area contributed by atoms with E-state index in [-0.39, 0.29) is 11.5 Å². The van der Waals surface area contributed by atoms with E-state index in [1.807, 2.05) is 0 Å². The fourth-order valence-electron chi connectivity index (χ4n) is 2.87. The molecule has 114 valence electrons. The summed E-state index contributed by atoms with van der Waals surface area (Å²) in [7, 11) is 0. The van der Waals surface area contributed by atoms with Crippen LogP contribution < -0.4 is 5.32 Å². The van der Waals surface area contributed by atoms with Gasteiger partial charge in [0.25, 0.3) is 5.91 Å². The van der Waals surface area contributed by atoms with Gasteiger partial charge < -0.3 is 10.4 Å². The molecule has 0 bridgehead atoms. The molecule has 1 aromatic rings. The third-order valence-electron chi connectivity index (χ3n) is 4.37. The van der Waals surface area contributed by atoms with Crippen LogP contribution in [-0.2, 0) is 0 Å². The third kappa shape index (κ3) is 4.59. The van der Waals surface area contributed by atoms with Gasteiger partial charge in [-0.25, -0.2) is 4.79 Å². The average Bonchev–Trinajstić information content (AvgIpc) is 2.49. The van der Waals surface area contributed by atoms with Gasteiger partial charge in [-0.05, 0) is 42.5 Å². The molecule has 0 aliphatic heterocycles. The van der Waals surface area contributed by atoms with Gasteiger partial charge in [-0.3, -0.25) is 4.79 Å². The van der Waals surface area contributed by atoms with Gasteiger partial charge in [-0.15, -0.1) is 0 Å². The van der Waals surface area contributed by atoms with E-state index in [1.54, 1.807) is 12.1 Å². The van der Waals surface area contributed by atoms with Gasteiger partial charge >= 0.3 is 5.97 Å². The molecule has 0 spiro atoms. The number of hydrogen-bond donors (Lipinski definition) is 2. The van der Waals surface area contributed by atoms with E-state index in [0.717, 1.165) is 18.3 Å². The largest absolute Gasteiger partial charge is 0.478 e. The SMILES string of the molecule is CC1CCC(CCNC(=O)c2ccc(C(=O)O)cc2)CC1. The van der Waals surface area contributed by atoms with E-state index in [2.05, 4.69) is 12.2 Å². The molecule has 1 aliphatic rings. The van der Waals surface area contributed by atoms with Crippen LogP contribution in [0.1, 0.15) is 59.7 Å². The number of rotatable bonds is 5. The standard InChI is InChI=1S/C17H23NO3/c1-12-2-4-13(5-3-12)10-11-18-16(19)14-6-8-15(9-7-14)17(20)21/h6-9,12-13H,2-5,10-11H2,1H3,(H,18,19)(H,20,21). The highest BCUT2D eigenvalue weighted by molar-refractivity contribution is 5.95. The number of carboxylic acids is 1. The van der Waals surface area contributed by atoms with Crippen molar-refractivity contribution >= 4 is 11.9 Å². The average molecular weight is 289 g/mol. The predicted molar refractivity (Wildman–Crippen MR) is 81.5 cm³/mol. The van der Waals surface area contributed by atoms with Crippen LogP contribution in [0.15, 0.2) is 24.3 Å². The van der Waals surface area contributed by atoms with E-state index in [0.29, 0.717) is 12.1 Å². The lowest BCUT2D eigenvalue weighted by molar-refractivity contribution is 0.0696. The molecular formula is C17H23NO3. The number of carbonyl (C=O) groups is 2. The first-order valence-corrected chi connectivity index (χ1v) is 7.68. The molecule has 2 rings (SSSR count). The summed E-state index contributed by atoms with van der Waals surface area (Å²) in [6.45, 7) is 3.00. The highest BCUT2D eigenvalue weighted by Crippen LogP contribution is 2.29. The Morgan fingerprint density at radius 1 is 1.10 bits per heavy atom. The summed E-state index contributed by atoms with van der Waals surface area (Å²) in [4.78, 5) is 22.7. The van der Waals surface area contributed by atoms with Crippen molar-refractivity contribution in [2.24, 2.45) is 11.8 Å². The minimum atomic E-state index is -0.978. The zero-order valence-electron chi connectivity index (χ0n) is 12.5. The van der Waals surface area contributed by atoms with Gasteiger partial charge in [0, 0.05) is 12.1 Å². The summed E-state index contributed by atoms with van der Waals surface area (Å²) < 4.78 is 0. The van der Waals surface area contributed by atoms with Gasteiger partial charge in [-0.2, -0.15) is 0 Å². The van der Waals surface area contributed by atoms with Crippen molar-refractivity contribution in [1.29, 1.82) is 0 Å². The molecule has 1 amide bonds. The Bertz CT molecular complexity index is 487. The zero-order valence-corrected chi connectivity index (χ0v) is 12.5. The lowest BCUT2D eigenvalue weighted by Gasteiger charge is -2.26. The van der Waals surface area contributed by atoms with E-state index in [4.69, 9.17) is 5.11 Å². The van der Waals surface area contributed by atoms with Gasteiger partial charge in [0.1, 0.15) is 0 Å². The molecule has 1 saturated carbocycles. The summed E-state index contributed by atoms with van der Waals surface area (Å²) in [5.41, 5.74) is 0.708. The molecule has 0 saturated heterocycles. The van der Waals surface area contributed by atoms with Crippen molar-refractivity contribution in [3.8, 4) is 0 Å². The number of nitrogens with one attached hydrogen (secondary N) is 1. The van der Waals surface area contributed by atoms with Crippen LogP contribution in [0.5, 0.6) is 0 Å². The number of amides is 1. The van der Waals surface area contributed by atoms with Crippen LogP contribution in [-0.4, -0.2) is 23.5 Å². The zero-order chi connectivity index (χ0) is 15.2. The molecule has 1 aromatic carbocycles. The first-order chi connectivity index (χ1) is 10.1. The first kappa shape index (κ1) is 15.5. The maximum absolute atomic E-state index is 12.0. The summed E-state index contributed by atoms with van der Waals surface area (Å²) >= 11 is 0. The Morgan fingerprint density at radius 2 is 1.67 bits per heavy atom. The Hall–Kier alpha value is -1.84. The van der Waals surface area contributed by atoms with Crippen molar-refractivity contribution in [2.45, 2.75) is 39.0 Å². The summed E-state index contributed by atoms with van der Waals surface area (Å²) in [6, 6.07) is 6.03. The third-order valence-corrected chi connectivity index (χ3v) is 4.37. The predicted octanol–water partition coefficient (Wildman–Crippen LogP) is 3.33. The Balaban J connectivity index is 1.75. The number of hydrogen-bond acceptors (Lipinski definition) is 2. The van der Waals surface area contributed by atoms with E-state index in [9.17, 15) is 9.59 Å². The van der Waals surface area contributed by atoms with Crippen molar-refractivity contribution in [3.05, 3.63) is 35.4 Å². The van der Waals surface area contributed by atoms with Crippen LogP contribution in [0.25, 0.3) is 0 Å². The van der Waals surface area contributed by atoms with Crippen LogP contribution in [0.3, 0.4) is 0 Å². The topological polar surface area (TPSA) is 66.4 Å². The van der Waals surface area contributed by atoms with Gasteiger partial charge in [0.05, 0.1) is 5.56 Å². The second-order valence-corrected chi connectivity index (χ2v) is 6.05. The van der Waals surface area contributed by atoms with E-state index >= 15 is 0 Å². The smallest absolute Gasteiger partial charge is 0.335 e. The van der Waals surface area contributed by atoms with E-state index in [1.165, 1.54) is 37.8 Å². The minimum Gasteiger partial charge on any atom is -0.478 e. The van der Waals surface area contributed by atoms with Crippen LogP contribution >= 0.6 is 0 Å². The molecule has 21 heavy (non-hydrogen) atoms. The fraction of sp³-hybridized carbons (Fsp3) is 0.529. The second-order valence-electron chi connectivity index (χ2n) is 6.05. The highest BCUT2D eigenvalue weighted by Gasteiger charge is 2.18. The van der Waals surface area contributed by atoms with Crippen molar-refractivity contribution < 1.29 is 14.7 Å². The number of carboxylic acid groups (broad SMARTS) is 1. The lowest BCUT2D eigenvalue weighted by atomic mass is 9.81. The summed E-state index contributed by atoms with van der Waals surface area (Å²) in [5, 5.41) is 11.7. The molecular weight excluding hydrogens is 266 g/mol. The molecule has 4 heteroatoms. The molecule has 0 atom stereocenters. The molecule has 0 radical (unpaired) electrons. The van der Waals surface area contributed by atoms with E-state index < -0.39 is 5.97 Å². The summed E-state index contributed by atoms with van der Waals surface area (Å²) in [5.74, 6) is 0.476.